The van der Waals surface area contributed by atoms with Crippen LogP contribution in [0.4, 0.5) is 11.5 Å². The molecule has 4 rings (SSSR count). The van der Waals surface area contributed by atoms with Gasteiger partial charge >= 0.3 is 0 Å². The highest BCUT2D eigenvalue weighted by Gasteiger charge is 2.21. The Bertz CT molecular complexity index is 1220. The fourth-order valence-corrected chi connectivity index (χ4v) is 4.20. The molecule has 0 aliphatic heterocycles. The molecule has 0 unspecified atom stereocenters. The van der Waals surface area contributed by atoms with E-state index < -0.39 is 10.0 Å². The second-order valence-electron chi connectivity index (χ2n) is 6.00. The summed E-state index contributed by atoms with van der Waals surface area (Å²) in [7, 11) is -3.81. The second kappa shape index (κ2) is 6.68. The van der Waals surface area contributed by atoms with Gasteiger partial charge in [0.2, 0.25) is 5.28 Å². The molecule has 6 nitrogen and oxygen atoms in total. The van der Waals surface area contributed by atoms with Crippen molar-refractivity contribution in [2.75, 3.05) is 5.32 Å². The maximum atomic E-state index is 13.0. The summed E-state index contributed by atoms with van der Waals surface area (Å²) in [6.45, 7) is 1.90. The number of hydrogen-bond acceptors (Lipinski definition) is 5. The van der Waals surface area contributed by atoms with Crippen LogP contribution in [0.2, 0.25) is 5.28 Å². The summed E-state index contributed by atoms with van der Waals surface area (Å²) in [6, 6.07) is 17.7. The van der Waals surface area contributed by atoms with Crippen LogP contribution in [0.5, 0.6) is 0 Å². The van der Waals surface area contributed by atoms with E-state index in [1.165, 1.54) is 6.20 Å². The van der Waals surface area contributed by atoms with Crippen LogP contribution in [-0.4, -0.2) is 22.4 Å². The molecule has 8 heteroatoms. The number of fused-ring (bicyclic) bond motifs is 1. The van der Waals surface area contributed by atoms with E-state index in [2.05, 4.69) is 15.3 Å². The Kier molecular flexibility index (Phi) is 4.33. The number of para-hydroxylation sites is 1. The van der Waals surface area contributed by atoms with Crippen molar-refractivity contribution in [3.8, 4) is 0 Å². The van der Waals surface area contributed by atoms with E-state index in [4.69, 9.17) is 11.6 Å². The van der Waals surface area contributed by atoms with Gasteiger partial charge in [0.05, 0.1) is 10.3 Å². The van der Waals surface area contributed by atoms with Crippen LogP contribution >= 0.6 is 11.6 Å². The molecule has 2 aromatic heterocycles. The Hall–Kier alpha value is -2.90. The first-order valence-electron chi connectivity index (χ1n) is 8.14. The minimum absolute atomic E-state index is 0.0417. The lowest BCUT2D eigenvalue weighted by atomic mass is 10.2. The van der Waals surface area contributed by atoms with Gasteiger partial charge in [-0.25, -0.2) is 12.4 Å². The normalized spacial score (nSPS) is 11.6. The highest BCUT2D eigenvalue weighted by molar-refractivity contribution is 7.90. The number of aryl methyl sites for hydroxylation is 1. The zero-order chi connectivity index (χ0) is 19.0. The predicted molar refractivity (Wildman–Crippen MR) is 106 cm³/mol. The van der Waals surface area contributed by atoms with Crippen molar-refractivity contribution >= 4 is 44.2 Å². The predicted octanol–water partition coefficient (Wildman–Crippen LogP) is 4.37. The maximum absolute atomic E-state index is 13.0. The molecule has 0 aliphatic rings. The molecule has 2 heterocycles. The van der Waals surface area contributed by atoms with E-state index in [9.17, 15) is 8.42 Å². The minimum Gasteiger partial charge on any atom is -0.340 e. The number of hydrogen-bond donors (Lipinski definition) is 1. The molecule has 0 spiro atoms. The van der Waals surface area contributed by atoms with Crippen molar-refractivity contribution in [1.29, 1.82) is 0 Å². The molecule has 136 valence electrons. The number of halogens is 1. The second-order valence-corrected chi connectivity index (χ2v) is 8.15. The smallest absolute Gasteiger partial charge is 0.269 e. The molecule has 0 fully saturated rings. The van der Waals surface area contributed by atoms with Crippen LogP contribution in [0.3, 0.4) is 0 Å². The molecular weight excluding hydrogens is 384 g/mol. The third-order valence-electron chi connectivity index (χ3n) is 4.10. The maximum Gasteiger partial charge on any atom is 0.269 e. The van der Waals surface area contributed by atoms with Crippen molar-refractivity contribution < 1.29 is 8.42 Å². The standard InChI is InChI=1S/C19H15ClN4O2S/c1-13-7-9-15(10-8-13)27(25,26)24-12-11-16-17(22-19(20)23-18(16)24)21-14-5-3-2-4-6-14/h2-12H,1H3,(H,21,22,23). The van der Waals surface area contributed by atoms with E-state index in [1.807, 2.05) is 37.3 Å². The van der Waals surface area contributed by atoms with Crippen molar-refractivity contribution in [3.05, 3.63) is 77.7 Å². The highest BCUT2D eigenvalue weighted by atomic mass is 35.5. The molecule has 0 radical (unpaired) electrons. The lowest BCUT2D eigenvalue weighted by molar-refractivity contribution is 0.588. The molecule has 27 heavy (non-hydrogen) atoms. The number of benzene rings is 2. The average Bonchev–Trinajstić information content (AvgIpc) is 3.07. The van der Waals surface area contributed by atoms with Crippen molar-refractivity contribution in [3.63, 3.8) is 0 Å². The van der Waals surface area contributed by atoms with Crippen molar-refractivity contribution in [2.45, 2.75) is 11.8 Å². The van der Waals surface area contributed by atoms with Gasteiger partial charge in [-0.1, -0.05) is 35.9 Å². The number of nitrogens with one attached hydrogen (secondary N) is 1. The van der Waals surface area contributed by atoms with Crippen LogP contribution in [-0.2, 0) is 10.0 Å². The topological polar surface area (TPSA) is 76.9 Å². The number of nitrogens with zero attached hydrogens (tertiary/aromatic N) is 3. The molecule has 0 atom stereocenters. The summed E-state index contributed by atoms with van der Waals surface area (Å²) in [5.41, 5.74) is 2.00. The molecule has 0 saturated carbocycles. The lowest BCUT2D eigenvalue weighted by Gasteiger charge is -2.10. The van der Waals surface area contributed by atoms with E-state index in [0.29, 0.717) is 11.2 Å². The molecule has 0 amide bonds. The summed E-state index contributed by atoms with van der Waals surface area (Å²) in [4.78, 5) is 8.54. The van der Waals surface area contributed by atoms with Gasteiger partial charge in [0.25, 0.3) is 10.0 Å². The first-order valence-corrected chi connectivity index (χ1v) is 9.96. The third-order valence-corrected chi connectivity index (χ3v) is 5.95. The van der Waals surface area contributed by atoms with Crippen molar-refractivity contribution in [2.24, 2.45) is 0 Å². The molecule has 4 aromatic rings. The first-order chi connectivity index (χ1) is 12.9. The monoisotopic (exact) mass is 398 g/mol. The number of anilines is 2. The molecule has 0 bridgehead atoms. The molecule has 1 N–H and O–H groups in total. The summed E-state index contributed by atoms with van der Waals surface area (Å²) in [5, 5.41) is 3.67. The summed E-state index contributed by atoms with van der Waals surface area (Å²) >= 11 is 6.07. The Labute approximate surface area is 161 Å². The lowest BCUT2D eigenvalue weighted by Crippen LogP contribution is -2.12. The first kappa shape index (κ1) is 17.5. The molecule has 0 saturated heterocycles. The van der Waals surface area contributed by atoms with E-state index >= 15 is 0 Å². The SMILES string of the molecule is Cc1ccc(S(=O)(=O)n2ccc3c(Nc4ccccc4)nc(Cl)nc32)cc1. The summed E-state index contributed by atoms with van der Waals surface area (Å²) < 4.78 is 27.2. The zero-order valence-electron chi connectivity index (χ0n) is 14.3. The largest absolute Gasteiger partial charge is 0.340 e. The van der Waals surface area contributed by atoms with Gasteiger partial charge in [0.15, 0.2) is 5.65 Å². The van der Waals surface area contributed by atoms with Crippen molar-refractivity contribution in [1.82, 2.24) is 13.9 Å². The average molecular weight is 399 g/mol. The van der Waals surface area contributed by atoms with Gasteiger partial charge in [0.1, 0.15) is 5.82 Å². The van der Waals surface area contributed by atoms with Crippen LogP contribution in [0, 0.1) is 6.92 Å². The van der Waals surface area contributed by atoms with Gasteiger partial charge in [-0.15, -0.1) is 0 Å². The van der Waals surface area contributed by atoms with Crippen LogP contribution < -0.4 is 5.32 Å². The fourth-order valence-electron chi connectivity index (χ4n) is 2.74. The molecule has 0 aliphatic carbocycles. The Morgan fingerprint density at radius 2 is 1.67 bits per heavy atom. The van der Waals surface area contributed by atoms with Gasteiger partial charge in [-0.2, -0.15) is 9.97 Å². The van der Waals surface area contributed by atoms with Crippen LogP contribution in [0.1, 0.15) is 5.56 Å². The number of aromatic nitrogens is 3. The van der Waals surface area contributed by atoms with Crippen LogP contribution in [0.25, 0.3) is 11.0 Å². The van der Waals surface area contributed by atoms with Gasteiger partial charge < -0.3 is 5.32 Å². The van der Waals surface area contributed by atoms with Gasteiger partial charge in [-0.05, 0) is 48.9 Å². The van der Waals surface area contributed by atoms with E-state index in [-0.39, 0.29) is 15.8 Å². The Balaban J connectivity index is 1.85. The molecular formula is C19H15ClN4O2S. The van der Waals surface area contributed by atoms with E-state index in [0.717, 1.165) is 15.2 Å². The Morgan fingerprint density at radius 1 is 0.963 bits per heavy atom. The molecule has 2 aromatic carbocycles. The minimum atomic E-state index is -3.81. The third kappa shape index (κ3) is 3.27. The fraction of sp³-hybridized carbons (Fsp3) is 0.0526. The van der Waals surface area contributed by atoms with Gasteiger partial charge in [-0.3, -0.25) is 0 Å². The van der Waals surface area contributed by atoms with Crippen LogP contribution in [0.15, 0.2) is 71.8 Å². The number of rotatable bonds is 4. The Morgan fingerprint density at radius 3 is 2.37 bits per heavy atom. The summed E-state index contributed by atoms with van der Waals surface area (Å²) in [6.07, 6.45) is 1.46. The summed E-state index contributed by atoms with van der Waals surface area (Å²) in [5.74, 6) is 0.439. The zero-order valence-corrected chi connectivity index (χ0v) is 15.9. The van der Waals surface area contributed by atoms with E-state index in [1.54, 1.807) is 30.3 Å². The highest BCUT2D eigenvalue weighted by Crippen LogP contribution is 2.28. The van der Waals surface area contributed by atoms with Gasteiger partial charge in [0, 0.05) is 11.9 Å². The quantitative estimate of drug-likeness (QED) is 0.516.